The lowest BCUT2D eigenvalue weighted by molar-refractivity contribution is -0.139. The van der Waals surface area contributed by atoms with E-state index in [4.69, 9.17) is 9.47 Å². The predicted octanol–water partition coefficient (Wildman–Crippen LogP) is 6.77. The van der Waals surface area contributed by atoms with Crippen molar-refractivity contribution < 1.29 is 22.6 Å². The minimum Gasteiger partial charge on any atom is -0.494 e. The molecule has 30 heavy (non-hydrogen) atoms. The fraction of sp³-hybridized carbons (Fsp3) is 0.545. The van der Waals surface area contributed by atoms with Crippen LogP contribution in [-0.2, 0) is 6.18 Å². The number of unbranched alkanes of at least 4 members (excludes halogenated alkanes) is 5. The van der Waals surface area contributed by atoms with Gasteiger partial charge >= 0.3 is 6.18 Å². The minimum atomic E-state index is -4.57. The van der Waals surface area contributed by atoms with Crippen LogP contribution in [0.15, 0.2) is 30.5 Å². The number of nitrogens with one attached hydrogen (secondary N) is 1. The van der Waals surface area contributed by atoms with Gasteiger partial charge in [-0.3, -0.25) is 0 Å². The molecule has 1 heterocycles. The Balaban J connectivity index is 1.99. The lowest BCUT2D eigenvalue weighted by Crippen LogP contribution is -2.13. The summed E-state index contributed by atoms with van der Waals surface area (Å²) in [6.45, 7) is 5.01. The first kappa shape index (κ1) is 23.8. The molecule has 0 aliphatic heterocycles. The number of hydrogen-bond acceptors (Lipinski definition) is 5. The number of nitrogens with zero attached hydrogens (tertiary/aromatic N) is 2. The monoisotopic (exact) mass is 425 g/mol. The molecule has 0 spiro atoms. The summed E-state index contributed by atoms with van der Waals surface area (Å²) in [6.07, 6.45) is 3.20. The lowest BCUT2D eigenvalue weighted by atomic mass is 10.2. The lowest BCUT2D eigenvalue weighted by Gasteiger charge is -2.14. The van der Waals surface area contributed by atoms with Crippen molar-refractivity contribution in [2.45, 2.75) is 65.0 Å². The van der Waals surface area contributed by atoms with Gasteiger partial charge in [0.15, 0.2) is 0 Å². The van der Waals surface area contributed by atoms with Gasteiger partial charge < -0.3 is 14.8 Å². The highest BCUT2D eigenvalue weighted by Crippen LogP contribution is 2.35. The fourth-order valence-corrected chi connectivity index (χ4v) is 2.73. The molecule has 0 saturated carbocycles. The largest absolute Gasteiger partial charge is 0.494 e. The number of hydrogen-bond donors (Lipinski definition) is 1. The summed E-state index contributed by atoms with van der Waals surface area (Å²) in [5.74, 6) is 0.329. The zero-order valence-corrected chi connectivity index (χ0v) is 17.6. The molecule has 0 aliphatic rings. The van der Waals surface area contributed by atoms with Crippen LogP contribution in [-0.4, -0.2) is 23.2 Å². The zero-order valence-electron chi connectivity index (χ0n) is 17.6. The molecule has 0 amide bonds. The van der Waals surface area contributed by atoms with Crippen molar-refractivity contribution in [2.24, 2.45) is 0 Å². The zero-order chi connectivity index (χ0) is 21.8. The molecule has 0 bridgehead atoms. The Labute approximate surface area is 176 Å². The third kappa shape index (κ3) is 8.08. The van der Waals surface area contributed by atoms with Gasteiger partial charge in [-0.2, -0.15) is 18.2 Å². The summed E-state index contributed by atoms with van der Waals surface area (Å²) in [5.41, 5.74) is -0.332. The maximum atomic E-state index is 13.2. The highest BCUT2D eigenvalue weighted by atomic mass is 19.4. The Hall–Kier alpha value is -2.51. The third-order valence-corrected chi connectivity index (χ3v) is 4.42. The summed E-state index contributed by atoms with van der Waals surface area (Å²) in [6, 6.07) is 7.14. The molecular formula is C22H30F3N3O2. The van der Waals surface area contributed by atoms with E-state index >= 15 is 0 Å². The SMILES string of the molecule is CCCCCCOc1ccc(Nc2ncc(C(F)(F)F)c(OCCCCC)n2)cc1. The molecule has 0 radical (unpaired) electrons. The van der Waals surface area contributed by atoms with E-state index in [0.29, 0.717) is 18.7 Å². The first-order valence-electron chi connectivity index (χ1n) is 10.5. The van der Waals surface area contributed by atoms with E-state index in [9.17, 15) is 13.2 Å². The molecule has 2 rings (SSSR count). The number of anilines is 2. The molecule has 1 aromatic carbocycles. The van der Waals surface area contributed by atoms with Gasteiger partial charge in [0.25, 0.3) is 0 Å². The van der Waals surface area contributed by atoms with Crippen LogP contribution in [0, 0.1) is 0 Å². The highest BCUT2D eigenvalue weighted by molar-refractivity contribution is 5.55. The van der Waals surface area contributed by atoms with E-state index in [1.54, 1.807) is 24.3 Å². The third-order valence-electron chi connectivity index (χ3n) is 4.42. The Morgan fingerprint density at radius 3 is 2.17 bits per heavy atom. The van der Waals surface area contributed by atoms with E-state index in [1.165, 1.54) is 12.8 Å². The molecule has 0 atom stereocenters. The fourth-order valence-electron chi connectivity index (χ4n) is 2.73. The van der Waals surface area contributed by atoms with Gasteiger partial charge in [0.05, 0.1) is 13.2 Å². The van der Waals surface area contributed by atoms with E-state index in [2.05, 4.69) is 22.2 Å². The average Bonchev–Trinajstić information content (AvgIpc) is 2.71. The number of rotatable bonds is 13. The van der Waals surface area contributed by atoms with Gasteiger partial charge in [-0.05, 0) is 37.1 Å². The molecule has 2 aromatic rings. The van der Waals surface area contributed by atoms with Crippen LogP contribution < -0.4 is 14.8 Å². The quantitative estimate of drug-likeness (QED) is 0.359. The average molecular weight is 425 g/mol. The van der Waals surface area contributed by atoms with Crippen molar-refractivity contribution in [3.63, 3.8) is 0 Å². The van der Waals surface area contributed by atoms with Crippen molar-refractivity contribution >= 4 is 11.6 Å². The summed E-state index contributed by atoms with van der Waals surface area (Å²) < 4.78 is 50.6. The van der Waals surface area contributed by atoms with E-state index in [1.807, 2.05) is 6.92 Å². The van der Waals surface area contributed by atoms with Crippen LogP contribution in [0.5, 0.6) is 11.6 Å². The Bertz CT molecular complexity index is 752. The van der Waals surface area contributed by atoms with Gasteiger partial charge in [0.2, 0.25) is 11.8 Å². The minimum absolute atomic E-state index is 0.0433. The maximum Gasteiger partial charge on any atom is 0.423 e. The first-order valence-corrected chi connectivity index (χ1v) is 10.5. The van der Waals surface area contributed by atoms with Crippen molar-refractivity contribution in [3.8, 4) is 11.6 Å². The molecule has 0 unspecified atom stereocenters. The van der Waals surface area contributed by atoms with Crippen LogP contribution in [0.1, 0.15) is 64.4 Å². The van der Waals surface area contributed by atoms with Gasteiger partial charge in [-0.1, -0.05) is 46.0 Å². The standard InChI is InChI=1S/C22H30F3N3O2/c1-3-5-7-9-14-29-18-12-10-17(11-13-18)27-21-26-16-19(22(23,24)25)20(28-21)30-15-8-6-4-2/h10-13,16H,3-9,14-15H2,1-2H3,(H,26,27,28). The molecule has 1 aromatic heterocycles. The Kier molecular flexibility index (Phi) is 9.70. The van der Waals surface area contributed by atoms with Gasteiger partial charge in [0.1, 0.15) is 11.3 Å². The topological polar surface area (TPSA) is 56.3 Å². The Morgan fingerprint density at radius 2 is 1.50 bits per heavy atom. The molecule has 0 fully saturated rings. The summed E-state index contributed by atoms with van der Waals surface area (Å²) in [7, 11) is 0. The maximum absolute atomic E-state index is 13.2. The molecule has 0 saturated heterocycles. The summed E-state index contributed by atoms with van der Waals surface area (Å²) in [5, 5.41) is 2.91. The molecular weight excluding hydrogens is 395 g/mol. The smallest absolute Gasteiger partial charge is 0.423 e. The number of benzene rings is 1. The highest BCUT2D eigenvalue weighted by Gasteiger charge is 2.36. The molecule has 1 N–H and O–H groups in total. The molecule has 5 nitrogen and oxygen atoms in total. The van der Waals surface area contributed by atoms with Crippen molar-refractivity contribution in [1.82, 2.24) is 9.97 Å². The van der Waals surface area contributed by atoms with Crippen LogP contribution >= 0.6 is 0 Å². The first-order chi connectivity index (χ1) is 14.4. The van der Waals surface area contributed by atoms with Crippen LogP contribution in [0.4, 0.5) is 24.8 Å². The van der Waals surface area contributed by atoms with Crippen molar-refractivity contribution in [3.05, 3.63) is 36.0 Å². The van der Waals surface area contributed by atoms with Crippen LogP contribution in [0.3, 0.4) is 0 Å². The van der Waals surface area contributed by atoms with E-state index in [0.717, 1.165) is 37.6 Å². The second-order valence-corrected chi connectivity index (χ2v) is 7.02. The Morgan fingerprint density at radius 1 is 0.867 bits per heavy atom. The van der Waals surface area contributed by atoms with E-state index in [-0.39, 0.29) is 12.6 Å². The van der Waals surface area contributed by atoms with Crippen molar-refractivity contribution in [2.75, 3.05) is 18.5 Å². The van der Waals surface area contributed by atoms with Crippen molar-refractivity contribution in [1.29, 1.82) is 0 Å². The summed E-state index contributed by atoms with van der Waals surface area (Å²) in [4.78, 5) is 7.73. The number of aromatic nitrogens is 2. The van der Waals surface area contributed by atoms with Gasteiger partial charge in [-0.15, -0.1) is 0 Å². The van der Waals surface area contributed by atoms with Gasteiger partial charge in [-0.25, -0.2) is 4.98 Å². The second kappa shape index (κ2) is 12.2. The van der Waals surface area contributed by atoms with Crippen LogP contribution in [0.2, 0.25) is 0 Å². The second-order valence-electron chi connectivity index (χ2n) is 7.02. The van der Waals surface area contributed by atoms with Crippen LogP contribution in [0.25, 0.3) is 0 Å². The molecule has 0 aliphatic carbocycles. The van der Waals surface area contributed by atoms with Gasteiger partial charge in [0, 0.05) is 11.9 Å². The molecule has 8 heteroatoms. The predicted molar refractivity (Wildman–Crippen MR) is 111 cm³/mol. The van der Waals surface area contributed by atoms with E-state index < -0.39 is 17.6 Å². The summed E-state index contributed by atoms with van der Waals surface area (Å²) >= 11 is 0. The molecule has 166 valence electrons. The number of ether oxygens (including phenoxy) is 2. The number of alkyl halides is 3. The number of halogens is 3. The normalized spacial score (nSPS) is 11.4.